The lowest BCUT2D eigenvalue weighted by atomic mass is 9.98. The number of cyclic esters (lactones) is 1. The van der Waals surface area contributed by atoms with E-state index in [-0.39, 0.29) is 11.9 Å². The van der Waals surface area contributed by atoms with E-state index in [1.807, 2.05) is 0 Å². The maximum atomic E-state index is 11.4. The largest absolute Gasteiger partial charge is 0.430 e. The molecule has 0 saturated carbocycles. The van der Waals surface area contributed by atoms with Crippen LogP contribution < -0.4 is 0 Å². The maximum Gasteiger partial charge on any atom is 0.314 e. The van der Waals surface area contributed by atoms with Crippen LogP contribution in [0.25, 0.3) is 0 Å². The van der Waals surface area contributed by atoms with Crippen molar-refractivity contribution in [1.82, 2.24) is 0 Å². The molecule has 0 aromatic rings. The van der Waals surface area contributed by atoms with Crippen molar-refractivity contribution in [3.63, 3.8) is 0 Å². The van der Waals surface area contributed by atoms with E-state index in [0.717, 1.165) is 25.0 Å². The number of ether oxygens (including phenoxy) is 1. The van der Waals surface area contributed by atoms with Crippen molar-refractivity contribution in [2.75, 3.05) is 0 Å². The normalized spacial score (nSPS) is 22.8. The first-order valence-electron chi connectivity index (χ1n) is 6.29. The van der Waals surface area contributed by atoms with Crippen molar-refractivity contribution < 1.29 is 9.53 Å². The Morgan fingerprint density at radius 3 is 2.62 bits per heavy atom. The zero-order chi connectivity index (χ0) is 11.8. The molecule has 1 heterocycles. The second-order valence-electron chi connectivity index (χ2n) is 4.45. The third-order valence-corrected chi connectivity index (χ3v) is 3.55. The molecule has 0 amide bonds. The highest BCUT2D eigenvalue weighted by atomic mass is 79.9. The van der Waals surface area contributed by atoms with E-state index in [1.165, 1.54) is 32.1 Å². The first-order chi connectivity index (χ1) is 7.77. The molecule has 1 fully saturated rings. The minimum atomic E-state index is -0.0424. The van der Waals surface area contributed by atoms with Crippen molar-refractivity contribution in [3.8, 4) is 0 Å². The number of allylic oxidation sites excluding steroid dienone is 1. The fourth-order valence-electron chi connectivity index (χ4n) is 2.04. The van der Waals surface area contributed by atoms with E-state index in [1.54, 1.807) is 4.99 Å². The number of esters is 1. The van der Waals surface area contributed by atoms with E-state index in [0.29, 0.717) is 0 Å². The predicted molar refractivity (Wildman–Crippen MR) is 69.2 cm³/mol. The number of carbonyl (C=O) groups is 1. The van der Waals surface area contributed by atoms with Crippen molar-refractivity contribution >= 4 is 21.9 Å². The van der Waals surface area contributed by atoms with Crippen LogP contribution in [-0.4, -0.2) is 5.97 Å². The summed E-state index contributed by atoms with van der Waals surface area (Å²) in [5.41, 5.74) is 0. The van der Waals surface area contributed by atoms with Gasteiger partial charge in [0.25, 0.3) is 0 Å². The van der Waals surface area contributed by atoms with E-state index < -0.39 is 0 Å². The van der Waals surface area contributed by atoms with Crippen LogP contribution in [0.15, 0.2) is 10.7 Å². The molecule has 0 radical (unpaired) electrons. The minimum absolute atomic E-state index is 0.0424. The highest BCUT2D eigenvalue weighted by Gasteiger charge is 2.29. The number of carbonyl (C=O) groups excluding carboxylic acids is 1. The van der Waals surface area contributed by atoms with Crippen LogP contribution in [0.3, 0.4) is 0 Å². The number of halogens is 1. The van der Waals surface area contributed by atoms with Crippen LogP contribution in [0.1, 0.15) is 58.3 Å². The lowest BCUT2D eigenvalue weighted by molar-refractivity contribution is -0.139. The number of hydrogen-bond acceptors (Lipinski definition) is 2. The third kappa shape index (κ3) is 4.69. The van der Waals surface area contributed by atoms with E-state index >= 15 is 0 Å². The Hall–Kier alpha value is -0.310. The second kappa shape index (κ2) is 7.88. The van der Waals surface area contributed by atoms with Crippen LogP contribution in [0.2, 0.25) is 0 Å². The van der Waals surface area contributed by atoms with Gasteiger partial charge in [0.1, 0.15) is 5.76 Å². The Bertz CT molecular complexity index is 248. The molecule has 0 aliphatic carbocycles. The van der Waals surface area contributed by atoms with Gasteiger partial charge in [0.05, 0.1) is 5.92 Å². The summed E-state index contributed by atoms with van der Waals surface area (Å²) in [4.78, 5) is 13.1. The molecule has 3 heteroatoms. The van der Waals surface area contributed by atoms with Gasteiger partial charge < -0.3 is 4.74 Å². The lowest BCUT2D eigenvalue weighted by Gasteiger charge is -2.04. The van der Waals surface area contributed by atoms with Gasteiger partial charge >= 0.3 is 5.97 Å². The molecule has 0 N–H and O–H groups in total. The molecule has 1 rings (SSSR count). The van der Waals surface area contributed by atoms with Crippen molar-refractivity contribution in [3.05, 3.63) is 10.7 Å². The zero-order valence-electron chi connectivity index (χ0n) is 10.0. The SMILES string of the molecule is CCCCCCCC[C@H]1C/C(=C\Br)OC1=O. The molecule has 0 spiro atoms. The quantitative estimate of drug-likeness (QED) is 0.508. The lowest BCUT2D eigenvalue weighted by Crippen LogP contribution is -2.06. The Kier molecular flexibility index (Phi) is 6.78. The van der Waals surface area contributed by atoms with Gasteiger partial charge in [-0.2, -0.15) is 0 Å². The summed E-state index contributed by atoms with van der Waals surface area (Å²) in [7, 11) is 0. The average Bonchev–Trinajstić information content (AvgIpc) is 2.65. The standard InChI is InChI=1S/C13H21BrO2/c1-2-3-4-5-6-7-8-11-9-12(10-14)16-13(11)15/h10-11H,2-9H2,1H3/b12-10+/t11-/m0/s1. The summed E-state index contributed by atoms with van der Waals surface area (Å²) in [6.07, 6.45) is 9.41. The molecule has 92 valence electrons. The predicted octanol–water partition coefficient (Wildman–Crippen LogP) is 4.54. The Labute approximate surface area is 107 Å². The summed E-state index contributed by atoms with van der Waals surface area (Å²) in [6.45, 7) is 2.22. The summed E-state index contributed by atoms with van der Waals surface area (Å²) < 4.78 is 5.09. The molecule has 16 heavy (non-hydrogen) atoms. The van der Waals surface area contributed by atoms with Crippen LogP contribution in [-0.2, 0) is 9.53 Å². The number of unbranched alkanes of at least 4 members (excludes halogenated alkanes) is 5. The van der Waals surface area contributed by atoms with Crippen LogP contribution >= 0.6 is 15.9 Å². The molecular weight excluding hydrogens is 268 g/mol. The molecule has 0 bridgehead atoms. The van der Waals surface area contributed by atoms with Crippen molar-refractivity contribution in [2.45, 2.75) is 58.3 Å². The number of hydrogen-bond donors (Lipinski definition) is 0. The molecule has 0 aromatic heterocycles. The monoisotopic (exact) mass is 288 g/mol. The van der Waals surface area contributed by atoms with Gasteiger partial charge in [-0.05, 0) is 6.42 Å². The molecule has 1 saturated heterocycles. The zero-order valence-corrected chi connectivity index (χ0v) is 11.6. The molecular formula is C13H21BrO2. The molecule has 0 aromatic carbocycles. The third-order valence-electron chi connectivity index (χ3n) is 3.04. The highest BCUT2D eigenvalue weighted by Crippen LogP contribution is 2.29. The topological polar surface area (TPSA) is 26.3 Å². The molecule has 1 atom stereocenters. The van der Waals surface area contributed by atoms with Crippen LogP contribution in [0, 0.1) is 5.92 Å². The van der Waals surface area contributed by atoms with Gasteiger partial charge in [0.15, 0.2) is 0 Å². The second-order valence-corrected chi connectivity index (χ2v) is 4.91. The fourth-order valence-corrected chi connectivity index (χ4v) is 2.32. The van der Waals surface area contributed by atoms with Gasteiger partial charge in [0, 0.05) is 11.4 Å². The van der Waals surface area contributed by atoms with Gasteiger partial charge in [-0.15, -0.1) is 0 Å². The van der Waals surface area contributed by atoms with Crippen LogP contribution in [0.4, 0.5) is 0 Å². The van der Waals surface area contributed by atoms with E-state index in [9.17, 15) is 4.79 Å². The first-order valence-corrected chi connectivity index (χ1v) is 7.20. The Morgan fingerprint density at radius 1 is 1.31 bits per heavy atom. The average molecular weight is 289 g/mol. The van der Waals surface area contributed by atoms with Gasteiger partial charge in [-0.3, -0.25) is 4.79 Å². The molecule has 1 aliphatic rings. The van der Waals surface area contributed by atoms with Gasteiger partial charge in [-0.25, -0.2) is 0 Å². The smallest absolute Gasteiger partial charge is 0.314 e. The molecule has 0 unspecified atom stereocenters. The Balaban J connectivity index is 2.07. The van der Waals surface area contributed by atoms with Crippen LogP contribution in [0.5, 0.6) is 0 Å². The molecule has 1 aliphatic heterocycles. The summed E-state index contributed by atoms with van der Waals surface area (Å²) >= 11 is 3.20. The summed E-state index contributed by atoms with van der Waals surface area (Å²) in [6, 6.07) is 0. The summed E-state index contributed by atoms with van der Waals surface area (Å²) in [5, 5.41) is 0. The maximum absolute atomic E-state index is 11.4. The van der Waals surface area contributed by atoms with Gasteiger partial charge in [0.2, 0.25) is 0 Å². The van der Waals surface area contributed by atoms with Gasteiger partial charge in [-0.1, -0.05) is 61.4 Å². The van der Waals surface area contributed by atoms with Crippen molar-refractivity contribution in [2.24, 2.45) is 5.92 Å². The first kappa shape index (κ1) is 13.8. The fraction of sp³-hybridized carbons (Fsp3) is 0.769. The minimum Gasteiger partial charge on any atom is -0.430 e. The van der Waals surface area contributed by atoms with Crippen molar-refractivity contribution in [1.29, 1.82) is 0 Å². The Morgan fingerprint density at radius 2 is 2.00 bits per heavy atom. The molecule has 2 nitrogen and oxygen atoms in total. The van der Waals surface area contributed by atoms with E-state index in [2.05, 4.69) is 22.9 Å². The number of rotatable bonds is 7. The summed E-state index contributed by atoms with van der Waals surface area (Å²) in [5.74, 6) is 0.843. The van der Waals surface area contributed by atoms with E-state index in [4.69, 9.17) is 4.74 Å². The highest BCUT2D eigenvalue weighted by molar-refractivity contribution is 9.11.